The van der Waals surface area contributed by atoms with Gasteiger partial charge in [-0.1, -0.05) is 31.2 Å². The van der Waals surface area contributed by atoms with Crippen LogP contribution in [0.4, 0.5) is 24.7 Å². The lowest BCUT2D eigenvalue weighted by atomic mass is 10.0. The van der Waals surface area contributed by atoms with Gasteiger partial charge in [-0.15, -0.1) is 0 Å². The number of nitriles is 1. The van der Waals surface area contributed by atoms with Crippen LogP contribution >= 0.6 is 11.6 Å². The van der Waals surface area contributed by atoms with E-state index in [0.29, 0.717) is 50.7 Å². The molecule has 1 amide bonds. The molecule has 0 aliphatic carbocycles. The van der Waals surface area contributed by atoms with Crippen molar-refractivity contribution in [3.63, 3.8) is 0 Å². The van der Waals surface area contributed by atoms with Crippen LogP contribution in [0.5, 0.6) is 6.01 Å². The molecule has 0 spiro atoms. The maximum absolute atomic E-state index is 14.0. The quantitative estimate of drug-likeness (QED) is 0.394. The number of carbonyl (C=O) groups is 1. The molecule has 43 heavy (non-hydrogen) atoms. The Bertz CT molecular complexity index is 1400. The number of carbonyl (C=O) groups excluding carboxylic acids is 1. The van der Waals surface area contributed by atoms with E-state index in [0.717, 1.165) is 31.5 Å². The molecule has 9 nitrogen and oxygen atoms in total. The number of likely N-dealkylation sites (tertiary alicyclic amines) is 1. The molecule has 2 unspecified atom stereocenters. The van der Waals surface area contributed by atoms with Crippen molar-refractivity contribution < 1.29 is 22.7 Å². The topological polar surface area (TPSA) is 88.8 Å². The van der Waals surface area contributed by atoms with Gasteiger partial charge in [0.05, 0.1) is 47.0 Å². The molecular weight excluding hydrogens is 583 g/mol. The molecule has 0 N–H and O–H groups in total. The van der Waals surface area contributed by atoms with Gasteiger partial charge in [0.1, 0.15) is 12.4 Å². The summed E-state index contributed by atoms with van der Waals surface area (Å²) in [7, 11) is 0. The lowest BCUT2D eigenvalue weighted by molar-refractivity contribution is -0.137. The second kappa shape index (κ2) is 13.0. The number of anilines is 2. The molecule has 1 aromatic carbocycles. The first-order chi connectivity index (χ1) is 20.6. The van der Waals surface area contributed by atoms with Crippen LogP contribution in [0.2, 0.25) is 5.02 Å². The van der Waals surface area contributed by atoms with E-state index in [4.69, 9.17) is 26.3 Å². The van der Waals surface area contributed by atoms with Crippen molar-refractivity contribution in [3.8, 4) is 12.1 Å². The van der Waals surface area contributed by atoms with Crippen LogP contribution in [-0.2, 0) is 23.9 Å². The molecule has 2 fully saturated rings. The predicted octanol–water partition coefficient (Wildman–Crippen LogP) is 4.69. The Balaban J connectivity index is 1.49. The van der Waals surface area contributed by atoms with E-state index >= 15 is 0 Å². The smallest absolute Gasteiger partial charge is 0.419 e. The van der Waals surface area contributed by atoms with Crippen molar-refractivity contribution in [2.45, 2.75) is 57.4 Å². The van der Waals surface area contributed by atoms with Crippen LogP contribution in [0.3, 0.4) is 0 Å². The molecule has 230 valence electrons. The lowest BCUT2D eigenvalue weighted by Crippen LogP contribution is -2.55. The number of ether oxygens (including phenoxy) is 1. The molecule has 2 aromatic rings. The molecule has 1 aromatic heterocycles. The number of amides is 1. The summed E-state index contributed by atoms with van der Waals surface area (Å²) >= 11 is 6.04. The average Bonchev–Trinajstić information content (AvgIpc) is 3.46. The van der Waals surface area contributed by atoms with E-state index in [1.54, 1.807) is 9.80 Å². The number of halogens is 4. The fourth-order valence-electron chi connectivity index (χ4n) is 6.38. The monoisotopic (exact) mass is 617 g/mol. The maximum Gasteiger partial charge on any atom is 0.419 e. The van der Waals surface area contributed by atoms with E-state index in [1.807, 2.05) is 4.90 Å². The predicted molar refractivity (Wildman–Crippen MR) is 157 cm³/mol. The maximum atomic E-state index is 14.0. The van der Waals surface area contributed by atoms with Gasteiger partial charge in [-0.2, -0.15) is 28.4 Å². The van der Waals surface area contributed by atoms with E-state index in [9.17, 15) is 23.2 Å². The normalized spacial score (nSPS) is 21.0. The minimum Gasteiger partial charge on any atom is -0.462 e. The molecule has 13 heteroatoms. The van der Waals surface area contributed by atoms with Crippen molar-refractivity contribution >= 4 is 29.0 Å². The van der Waals surface area contributed by atoms with Gasteiger partial charge in [-0.25, -0.2) is 0 Å². The zero-order chi connectivity index (χ0) is 30.7. The number of hydrogen-bond donors (Lipinski definition) is 0. The van der Waals surface area contributed by atoms with Crippen molar-refractivity contribution in [1.29, 1.82) is 5.26 Å². The highest BCUT2D eigenvalue weighted by atomic mass is 35.5. The van der Waals surface area contributed by atoms with Gasteiger partial charge >= 0.3 is 12.2 Å². The van der Waals surface area contributed by atoms with Crippen molar-refractivity contribution in [2.75, 3.05) is 55.7 Å². The summed E-state index contributed by atoms with van der Waals surface area (Å²) in [6.07, 6.45) is -0.740. The number of aromatic nitrogens is 2. The van der Waals surface area contributed by atoms with Crippen LogP contribution < -0.4 is 14.5 Å². The van der Waals surface area contributed by atoms with Gasteiger partial charge in [0.2, 0.25) is 5.91 Å². The first-order valence-electron chi connectivity index (χ1n) is 14.6. The third-order valence-corrected chi connectivity index (χ3v) is 8.83. The van der Waals surface area contributed by atoms with E-state index in [1.165, 1.54) is 24.3 Å². The molecule has 5 rings (SSSR count). The summed E-state index contributed by atoms with van der Waals surface area (Å²) in [5.41, 5.74) is 0.548. The number of benzene rings is 1. The molecule has 3 aliphatic heterocycles. The number of fused-ring (bicyclic) bond motifs is 1. The SMILES string of the molecule is C=CC(=O)N1CCN(c2nc(OCC3CCCN3CC)nc3c2CCN(c2cccc(Cl)c2C(F)(F)F)C3)CC1CC#N. The molecule has 0 radical (unpaired) electrons. The zero-order valence-electron chi connectivity index (χ0n) is 24.1. The molecular formula is C30H35ClF3N7O2. The summed E-state index contributed by atoms with van der Waals surface area (Å²) < 4.78 is 48.3. The van der Waals surface area contributed by atoms with Gasteiger partial charge in [0.25, 0.3) is 0 Å². The van der Waals surface area contributed by atoms with Crippen LogP contribution in [0.25, 0.3) is 0 Å². The fraction of sp³-hybridized carbons (Fsp3) is 0.533. The number of rotatable bonds is 8. The van der Waals surface area contributed by atoms with Crippen molar-refractivity contribution in [3.05, 3.63) is 52.7 Å². The fourth-order valence-corrected chi connectivity index (χ4v) is 6.66. The summed E-state index contributed by atoms with van der Waals surface area (Å²) in [5, 5.41) is 9.11. The van der Waals surface area contributed by atoms with Crippen LogP contribution in [-0.4, -0.2) is 83.6 Å². The van der Waals surface area contributed by atoms with Crippen LogP contribution in [0.1, 0.15) is 43.0 Å². The van der Waals surface area contributed by atoms with Gasteiger partial charge in [0, 0.05) is 37.8 Å². The highest BCUT2D eigenvalue weighted by molar-refractivity contribution is 6.31. The molecule has 4 heterocycles. The van der Waals surface area contributed by atoms with E-state index in [2.05, 4.69) is 24.5 Å². The largest absolute Gasteiger partial charge is 0.462 e. The van der Waals surface area contributed by atoms with Gasteiger partial charge in [-0.3, -0.25) is 9.69 Å². The first-order valence-corrected chi connectivity index (χ1v) is 14.9. The highest BCUT2D eigenvalue weighted by Gasteiger charge is 2.39. The van der Waals surface area contributed by atoms with Crippen molar-refractivity contribution in [2.24, 2.45) is 0 Å². The number of hydrogen-bond acceptors (Lipinski definition) is 8. The third kappa shape index (κ3) is 6.53. The summed E-state index contributed by atoms with van der Waals surface area (Å²) in [5.74, 6) is 0.400. The molecule has 0 bridgehead atoms. The number of piperazine rings is 1. The van der Waals surface area contributed by atoms with Gasteiger partial charge in [-0.05, 0) is 50.6 Å². The molecule has 2 atom stereocenters. The Kier molecular flexibility index (Phi) is 9.32. The Labute approximate surface area is 254 Å². The van der Waals surface area contributed by atoms with E-state index in [-0.39, 0.29) is 47.7 Å². The third-order valence-electron chi connectivity index (χ3n) is 8.52. The summed E-state index contributed by atoms with van der Waals surface area (Å²) in [4.78, 5) is 29.7. The molecule has 0 saturated carbocycles. The Morgan fingerprint density at radius 2 is 2.02 bits per heavy atom. The van der Waals surface area contributed by atoms with Crippen LogP contribution in [0.15, 0.2) is 30.9 Å². The molecule has 3 aliphatic rings. The van der Waals surface area contributed by atoms with E-state index < -0.39 is 11.7 Å². The Hall–Kier alpha value is -3.56. The second-order valence-corrected chi connectivity index (χ2v) is 11.4. The average molecular weight is 618 g/mol. The van der Waals surface area contributed by atoms with Gasteiger partial charge in [0.15, 0.2) is 0 Å². The number of nitrogens with zero attached hydrogens (tertiary/aromatic N) is 7. The number of likely N-dealkylation sites (N-methyl/N-ethyl adjacent to an activating group) is 1. The summed E-state index contributed by atoms with van der Waals surface area (Å²) in [6, 6.07) is 6.41. The van der Waals surface area contributed by atoms with Crippen molar-refractivity contribution in [1.82, 2.24) is 19.8 Å². The van der Waals surface area contributed by atoms with Gasteiger partial charge < -0.3 is 19.4 Å². The Morgan fingerprint density at radius 1 is 1.21 bits per heavy atom. The summed E-state index contributed by atoms with van der Waals surface area (Å²) in [6.45, 7) is 9.66. The number of alkyl halides is 3. The minimum atomic E-state index is -4.62. The second-order valence-electron chi connectivity index (χ2n) is 11.0. The highest BCUT2D eigenvalue weighted by Crippen LogP contribution is 2.43. The lowest BCUT2D eigenvalue weighted by Gasteiger charge is -2.42. The Morgan fingerprint density at radius 3 is 2.74 bits per heavy atom. The minimum absolute atomic E-state index is 0.00320. The first kappa shape index (κ1) is 30.9. The zero-order valence-corrected chi connectivity index (χ0v) is 24.9. The van der Waals surface area contributed by atoms with Crippen LogP contribution in [0, 0.1) is 11.3 Å². The standard InChI is InChI=1S/C30H35ClF3N7O2/c1-3-26(42)41-16-15-40(17-20(41)10-12-35)28-22-11-14-39(25-9-5-8-23(31)27(25)30(32,33)34)18-24(22)36-29(37-28)43-19-21-7-6-13-38(21)4-2/h3,5,8-9,20-21H,1,4,6-7,10-11,13-19H2,2H3. The molecule has 2 saturated heterocycles.